The summed E-state index contributed by atoms with van der Waals surface area (Å²) in [5, 5.41) is 20.2. The molecule has 0 spiro atoms. The predicted molar refractivity (Wildman–Crippen MR) is 96.7 cm³/mol. The number of thioether (sulfide) groups is 1. The van der Waals surface area contributed by atoms with Crippen LogP contribution in [0.3, 0.4) is 0 Å². The highest BCUT2D eigenvalue weighted by Gasteiger charge is 2.22. The molecule has 0 unspecified atom stereocenters. The fraction of sp³-hybridized carbons (Fsp3) is 0.235. The lowest BCUT2D eigenvalue weighted by Crippen LogP contribution is -2.11. The first-order valence-electron chi connectivity index (χ1n) is 7.47. The monoisotopic (exact) mass is 359 g/mol. The number of aromatic nitrogens is 3. The van der Waals surface area contributed by atoms with E-state index < -0.39 is 5.97 Å². The molecule has 124 valence electrons. The maximum atomic E-state index is 10.9. The molecule has 0 saturated heterocycles. The van der Waals surface area contributed by atoms with Gasteiger partial charge in [0.15, 0.2) is 11.0 Å². The van der Waals surface area contributed by atoms with Crippen LogP contribution in [-0.2, 0) is 4.79 Å². The number of nitrogens with zero attached hydrogens (tertiary/aromatic N) is 3. The van der Waals surface area contributed by atoms with E-state index in [0.29, 0.717) is 5.16 Å². The first-order valence-corrected chi connectivity index (χ1v) is 9.33. The van der Waals surface area contributed by atoms with Crippen LogP contribution in [0.15, 0.2) is 46.9 Å². The molecular weight excluding hydrogens is 342 g/mol. The van der Waals surface area contributed by atoms with E-state index in [1.807, 2.05) is 35.1 Å². The highest BCUT2D eigenvalue weighted by molar-refractivity contribution is 7.99. The van der Waals surface area contributed by atoms with Crippen LogP contribution in [0.25, 0.3) is 10.7 Å². The van der Waals surface area contributed by atoms with Gasteiger partial charge in [-0.15, -0.1) is 21.5 Å². The summed E-state index contributed by atoms with van der Waals surface area (Å²) < 4.78 is 2.03. The topological polar surface area (TPSA) is 68.0 Å². The number of carboxylic acid groups (broad SMARTS) is 1. The summed E-state index contributed by atoms with van der Waals surface area (Å²) >= 11 is 2.81. The molecule has 0 amide bonds. The van der Waals surface area contributed by atoms with Gasteiger partial charge in [-0.1, -0.05) is 42.1 Å². The maximum absolute atomic E-state index is 10.9. The Labute approximate surface area is 148 Å². The van der Waals surface area contributed by atoms with Gasteiger partial charge in [-0.2, -0.15) is 0 Å². The van der Waals surface area contributed by atoms with Gasteiger partial charge in [-0.25, -0.2) is 0 Å². The third kappa shape index (κ3) is 3.37. The van der Waals surface area contributed by atoms with Crippen molar-refractivity contribution in [2.75, 3.05) is 5.75 Å². The van der Waals surface area contributed by atoms with Gasteiger partial charge in [0, 0.05) is 0 Å². The Morgan fingerprint density at radius 1 is 1.29 bits per heavy atom. The minimum Gasteiger partial charge on any atom is -0.481 e. The molecule has 0 saturated carbocycles. The quantitative estimate of drug-likeness (QED) is 0.671. The molecule has 5 nitrogen and oxygen atoms in total. The lowest BCUT2D eigenvalue weighted by atomic mass is 10.1. The van der Waals surface area contributed by atoms with Crippen LogP contribution in [0.2, 0.25) is 0 Å². The van der Waals surface area contributed by atoms with Crippen molar-refractivity contribution in [3.05, 3.63) is 52.9 Å². The van der Waals surface area contributed by atoms with Crippen LogP contribution in [0.5, 0.6) is 0 Å². The number of aliphatic carboxylic acids is 1. The van der Waals surface area contributed by atoms with Gasteiger partial charge < -0.3 is 5.11 Å². The molecule has 3 aromatic rings. The van der Waals surface area contributed by atoms with Crippen molar-refractivity contribution in [2.24, 2.45) is 0 Å². The molecule has 0 bridgehead atoms. The number of aryl methyl sites for hydroxylation is 1. The number of rotatable bonds is 6. The van der Waals surface area contributed by atoms with E-state index in [2.05, 4.69) is 35.3 Å². The Balaban J connectivity index is 2.07. The number of carboxylic acids is 1. The highest BCUT2D eigenvalue weighted by Crippen LogP contribution is 2.34. The molecule has 3 rings (SSSR count). The Morgan fingerprint density at radius 3 is 2.67 bits per heavy atom. The number of carbonyl (C=O) groups is 1. The van der Waals surface area contributed by atoms with E-state index in [1.165, 1.54) is 11.8 Å². The van der Waals surface area contributed by atoms with E-state index in [0.717, 1.165) is 21.8 Å². The van der Waals surface area contributed by atoms with Crippen molar-refractivity contribution in [1.29, 1.82) is 0 Å². The van der Waals surface area contributed by atoms with Crippen molar-refractivity contribution in [3.8, 4) is 10.7 Å². The fourth-order valence-corrected chi connectivity index (χ4v) is 4.13. The summed E-state index contributed by atoms with van der Waals surface area (Å²) in [4.78, 5) is 12.0. The summed E-state index contributed by atoms with van der Waals surface area (Å²) in [6.45, 7) is 4.12. The zero-order valence-electron chi connectivity index (χ0n) is 13.3. The summed E-state index contributed by atoms with van der Waals surface area (Å²) in [5.74, 6) is -0.120. The third-order valence-corrected chi connectivity index (χ3v) is 5.66. The number of thiophene rings is 1. The molecule has 0 radical (unpaired) electrons. The van der Waals surface area contributed by atoms with Gasteiger partial charge in [0.2, 0.25) is 0 Å². The molecule has 2 heterocycles. The summed E-state index contributed by atoms with van der Waals surface area (Å²) in [5.41, 5.74) is 2.27. The number of benzene rings is 1. The molecule has 0 fully saturated rings. The van der Waals surface area contributed by atoms with Gasteiger partial charge in [0.25, 0.3) is 0 Å². The molecule has 1 atom stereocenters. The summed E-state index contributed by atoms with van der Waals surface area (Å²) in [6.07, 6.45) is 0. The van der Waals surface area contributed by atoms with Gasteiger partial charge in [-0.3, -0.25) is 9.36 Å². The molecule has 24 heavy (non-hydrogen) atoms. The largest absolute Gasteiger partial charge is 0.481 e. The molecule has 0 aliphatic rings. The van der Waals surface area contributed by atoms with Crippen molar-refractivity contribution >= 4 is 29.1 Å². The lowest BCUT2D eigenvalue weighted by Gasteiger charge is -2.18. The predicted octanol–water partition coefficient (Wildman–Crippen LogP) is 4.10. The van der Waals surface area contributed by atoms with E-state index in [4.69, 9.17) is 5.11 Å². The maximum Gasteiger partial charge on any atom is 0.313 e. The van der Waals surface area contributed by atoms with Crippen molar-refractivity contribution in [3.63, 3.8) is 0 Å². The Kier molecular flexibility index (Phi) is 5.01. The average molecular weight is 359 g/mol. The molecule has 7 heteroatoms. The smallest absolute Gasteiger partial charge is 0.313 e. The van der Waals surface area contributed by atoms with E-state index in [-0.39, 0.29) is 11.8 Å². The van der Waals surface area contributed by atoms with Crippen molar-refractivity contribution in [1.82, 2.24) is 14.8 Å². The second-order valence-corrected chi connectivity index (χ2v) is 7.24. The summed E-state index contributed by atoms with van der Waals surface area (Å²) in [6, 6.07) is 12.1. The minimum atomic E-state index is -0.865. The van der Waals surface area contributed by atoms with E-state index in [1.54, 1.807) is 11.3 Å². The summed E-state index contributed by atoms with van der Waals surface area (Å²) in [7, 11) is 0. The van der Waals surface area contributed by atoms with Crippen LogP contribution >= 0.6 is 23.1 Å². The van der Waals surface area contributed by atoms with Crippen LogP contribution in [0.4, 0.5) is 0 Å². The average Bonchev–Trinajstić information content (AvgIpc) is 3.18. The number of hydrogen-bond donors (Lipinski definition) is 1. The van der Waals surface area contributed by atoms with Crippen LogP contribution < -0.4 is 0 Å². The van der Waals surface area contributed by atoms with Gasteiger partial charge in [0.1, 0.15) is 0 Å². The SMILES string of the molecule is Cc1ccsc1-c1nnc(SCC(=O)O)n1[C@H](C)c1ccccc1. The second kappa shape index (κ2) is 7.19. The first-order chi connectivity index (χ1) is 11.6. The van der Waals surface area contributed by atoms with Crippen molar-refractivity contribution < 1.29 is 9.90 Å². The van der Waals surface area contributed by atoms with Gasteiger partial charge in [0.05, 0.1) is 16.7 Å². The van der Waals surface area contributed by atoms with Gasteiger partial charge >= 0.3 is 5.97 Å². The standard InChI is InChI=1S/C17H17N3O2S2/c1-11-8-9-23-15(11)16-18-19-17(24-10-14(21)22)20(16)12(2)13-6-4-3-5-7-13/h3-9,12H,10H2,1-2H3,(H,21,22)/t12-/m1/s1. The van der Waals surface area contributed by atoms with E-state index in [9.17, 15) is 4.79 Å². The second-order valence-electron chi connectivity index (χ2n) is 5.38. The minimum absolute atomic E-state index is 0.00833. The first kappa shape index (κ1) is 16.7. The van der Waals surface area contributed by atoms with Crippen molar-refractivity contribution in [2.45, 2.75) is 25.0 Å². The molecule has 2 aromatic heterocycles. The van der Waals surface area contributed by atoms with Gasteiger partial charge in [-0.05, 0) is 36.4 Å². The zero-order chi connectivity index (χ0) is 17.1. The Morgan fingerprint density at radius 2 is 2.04 bits per heavy atom. The van der Waals surface area contributed by atoms with Crippen LogP contribution in [0.1, 0.15) is 24.1 Å². The Hall–Kier alpha value is -2.12. The number of hydrogen-bond acceptors (Lipinski definition) is 5. The molecule has 0 aliphatic heterocycles. The van der Waals surface area contributed by atoms with E-state index >= 15 is 0 Å². The van der Waals surface area contributed by atoms with Crippen LogP contribution in [0, 0.1) is 6.92 Å². The zero-order valence-corrected chi connectivity index (χ0v) is 15.0. The normalized spacial score (nSPS) is 12.2. The highest BCUT2D eigenvalue weighted by atomic mass is 32.2. The van der Waals surface area contributed by atoms with Crippen LogP contribution in [-0.4, -0.2) is 31.6 Å². The molecule has 1 N–H and O–H groups in total. The fourth-order valence-electron chi connectivity index (χ4n) is 2.49. The Bertz CT molecular complexity index is 843. The molecule has 1 aromatic carbocycles. The third-order valence-electron chi connectivity index (χ3n) is 3.72. The molecule has 0 aliphatic carbocycles. The molecular formula is C17H17N3O2S2. The lowest BCUT2D eigenvalue weighted by molar-refractivity contribution is -0.133.